The summed E-state index contributed by atoms with van der Waals surface area (Å²) in [5.74, 6) is 0. The van der Waals surface area contributed by atoms with Gasteiger partial charge in [-0.15, -0.1) is 0 Å². The third kappa shape index (κ3) is 7.12. The van der Waals surface area contributed by atoms with Crippen molar-refractivity contribution in [1.82, 2.24) is 0 Å². The average molecular weight is 798 g/mol. The first-order valence-electron chi connectivity index (χ1n) is 22.7. The molecule has 5 heteroatoms. The molecule has 0 saturated carbocycles. The van der Waals surface area contributed by atoms with E-state index in [9.17, 15) is 0 Å². The second-order valence-electron chi connectivity index (χ2n) is 17.0. The Balaban J connectivity index is 1.21. The van der Waals surface area contributed by atoms with E-state index in [-0.39, 0.29) is 0 Å². The maximum atomic E-state index is 16.9. The summed E-state index contributed by atoms with van der Waals surface area (Å²) in [5, 5.41) is 2.82. The molecule has 3 aliphatic rings. The van der Waals surface area contributed by atoms with Crippen molar-refractivity contribution < 1.29 is 4.57 Å². The minimum atomic E-state index is -3.38. The van der Waals surface area contributed by atoms with Crippen LogP contribution in [0.4, 0.5) is 51.2 Å². The molecule has 0 aromatic heterocycles. The van der Waals surface area contributed by atoms with Crippen LogP contribution in [0.2, 0.25) is 0 Å². The second-order valence-corrected chi connectivity index (χ2v) is 19.5. The summed E-state index contributed by atoms with van der Waals surface area (Å²) in [6, 6.07) is 47.2. The normalized spacial score (nSPS) is 14.1. The molecule has 0 saturated heterocycles. The molecule has 0 unspecified atom stereocenters. The van der Waals surface area contributed by atoms with E-state index in [0.717, 1.165) is 86.4 Å². The van der Waals surface area contributed by atoms with Crippen LogP contribution in [0.3, 0.4) is 0 Å². The Labute approximate surface area is 353 Å². The highest BCUT2D eigenvalue weighted by Crippen LogP contribution is 2.66. The van der Waals surface area contributed by atoms with Crippen molar-refractivity contribution in [3.8, 4) is 0 Å². The smallest absolute Gasteiger partial charge is 0.183 e. The van der Waals surface area contributed by atoms with Crippen LogP contribution in [-0.4, -0.2) is 0 Å². The number of nitrogens with zero attached hydrogens (tertiary/aromatic N) is 3. The van der Waals surface area contributed by atoms with Crippen molar-refractivity contribution in [2.75, 3.05) is 14.7 Å². The largest absolute Gasteiger partial charge is 0.309 e. The maximum absolute atomic E-state index is 16.9. The van der Waals surface area contributed by atoms with Crippen LogP contribution in [0.15, 0.2) is 127 Å². The van der Waals surface area contributed by atoms with E-state index >= 15 is 4.57 Å². The summed E-state index contributed by atoms with van der Waals surface area (Å²) in [5.41, 5.74) is 13.4. The molecule has 6 aromatic carbocycles. The molecule has 9 rings (SSSR count). The molecule has 0 N–H and O–H groups in total. The van der Waals surface area contributed by atoms with Crippen LogP contribution in [0.5, 0.6) is 0 Å². The first-order valence-corrected chi connectivity index (χ1v) is 24.5. The molecule has 3 aliphatic heterocycles. The third-order valence-corrected chi connectivity index (χ3v) is 16.2. The van der Waals surface area contributed by atoms with Crippen molar-refractivity contribution in [3.05, 3.63) is 144 Å². The Bertz CT molecular complexity index is 2110. The van der Waals surface area contributed by atoms with E-state index in [0.29, 0.717) is 0 Å². The molecular formula is C54H60N3OP. The van der Waals surface area contributed by atoms with Crippen LogP contribution < -0.4 is 30.6 Å². The molecule has 6 aromatic rings. The number of hydrogen-bond acceptors (Lipinski definition) is 4. The average Bonchev–Trinajstić information content (AvgIpc) is 3.27. The van der Waals surface area contributed by atoms with Gasteiger partial charge in [0.15, 0.2) is 7.14 Å². The van der Waals surface area contributed by atoms with Gasteiger partial charge in [-0.25, -0.2) is 0 Å². The molecule has 59 heavy (non-hydrogen) atoms. The monoisotopic (exact) mass is 797 g/mol. The highest BCUT2D eigenvalue weighted by atomic mass is 31.2. The lowest BCUT2D eigenvalue weighted by molar-refractivity contribution is 0.592. The van der Waals surface area contributed by atoms with Crippen molar-refractivity contribution in [3.63, 3.8) is 0 Å². The summed E-state index contributed by atoms with van der Waals surface area (Å²) >= 11 is 0. The molecule has 0 radical (unpaired) electrons. The Hall–Kier alpha value is -5.05. The predicted octanol–water partition coefficient (Wildman–Crippen LogP) is 15.0. The second kappa shape index (κ2) is 17.3. The molecule has 0 fully saturated rings. The Morgan fingerprint density at radius 1 is 0.339 bits per heavy atom. The van der Waals surface area contributed by atoms with Gasteiger partial charge in [0.2, 0.25) is 0 Å². The highest BCUT2D eigenvalue weighted by molar-refractivity contribution is 7.87. The van der Waals surface area contributed by atoms with Gasteiger partial charge in [0, 0.05) is 17.1 Å². The summed E-state index contributed by atoms with van der Waals surface area (Å²) in [6.07, 6.45) is 18.3. The molecular weight excluding hydrogens is 738 g/mol. The van der Waals surface area contributed by atoms with E-state index in [2.05, 4.69) is 163 Å². The zero-order valence-electron chi connectivity index (χ0n) is 35.4. The van der Waals surface area contributed by atoms with Crippen molar-refractivity contribution in [2.45, 2.75) is 117 Å². The van der Waals surface area contributed by atoms with Crippen LogP contribution in [0.1, 0.15) is 115 Å². The van der Waals surface area contributed by atoms with Crippen molar-refractivity contribution in [1.29, 1.82) is 0 Å². The molecule has 3 heterocycles. The van der Waals surface area contributed by atoms with Gasteiger partial charge in [0.25, 0.3) is 0 Å². The van der Waals surface area contributed by atoms with E-state index in [1.165, 1.54) is 93.7 Å². The van der Waals surface area contributed by atoms with Gasteiger partial charge in [0.05, 0.1) is 50.0 Å². The highest BCUT2D eigenvalue weighted by Gasteiger charge is 2.54. The van der Waals surface area contributed by atoms with E-state index in [1.54, 1.807) is 0 Å². The molecule has 0 amide bonds. The molecule has 0 aliphatic carbocycles. The molecule has 0 spiro atoms. The molecule has 4 nitrogen and oxygen atoms in total. The SMILES string of the molecule is CCCCCCc1ccc(N2c3cccc4c3P3(=O)c5c2cccc5N(c2ccc(CCCCCC)cc2)c2cccc(c23)N4c2ccc(CCCCCC)cc2)cc1. The lowest BCUT2D eigenvalue weighted by Gasteiger charge is -2.49. The number of anilines is 9. The van der Waals surface area contributed by atoms with Gasteiger partial charge in [-0.2, -0.15) is 0 Å². The summed E-state index contributed by atoms with van der Waals surface area (Å²) in [4.78, 5) is 7.17. The van der Waals surface area contributed by atoms with E-state index in [4.69, 9.17) is 0 Å². The lowest BCUT2D eigenvalue weighted by atomic mass is 10.0. The van der Waals surface area contributed by atoms with E-state index < -0.39 is 7.14 Å². The van der Waals surface area contributed by atoms with Crippen molar-refractivity contribution in [2.24, 2.45) is 0 Å². The van der Waals surface area contributed by atoms with E-state index in [1.807, 2.05) is 0 Å². The minimum Gasteiger partial charge on any atom is -0.309 e. The van der Waals surface area contributed by atoms with Crippen LogP contribution in [0.25, 0.3) is 0 Å². The molecule has 302 valence electrons. The zero-order chi connectivity index (χ0) is 40.3. The number of rotatable bonds is 18. The summed E-state index contributed by atoms with van der Waals surface area (Å²) in [7, 11) is -3.38. The van der Waals surface area contributed by atoms with Crippen LogP contribution in [-0.2, 0) is 23.8 Å². The predicted molar refractivity (Wildman–Crippen MR) is 254 cm³/mol. The Morgan fingerprint density at radius 3 is 0.831 bits per heavy atom. The van der Waals surface area contributed by atoms with Gasteiger partial charge < -0.3 is 19.3 Å². The lowest BCUT2D eigenvalue weighted by Crippen LogP contribution is -2.47. The molecule has 0 bridgehead atoms. The Morgan fingerprint density at radius 2 is 0.593 bits per heavy atom. The third-order valence-electron chi connectivity index (χ3n) is 12.9. The zero-order valence-corrected chi connectivity index (χ0v) is 36.3. The number of benzene rings is 6. The van der Waals surface area contributed by atoms with Crippen LogP contribution in [0, 0.1) is 0 Å². The van der Waals surface area contributed by atoms with Gasteiger partial charge in [0.1, 0.15) is 0 Å². The number of hydrogen-bond donors (Lipinski definition) is 0. The van der Waals surface area contributed by atoms with Gasteiger partial charge in [-0.1, -0.05) is 133 Å². The fraction of sp³-hybridized carbons (Fsp3) is 0.333. The summed E-state index contributed by atoms with van der Waals surface area (Å²) in [6.45, 7) is 6.81. The Kier molecular flexibility index (Phi) is 11.5. The topological polar surface area (TPSA) is 26.8 Å². The number of aryl methyl sites for hydroxylation is 3. The van der Waals surface area contributed by atoms with Crippen LogP contribution >= 0.6 is 7.14 Å². The van der Waals surface area contributed by atoms with Crippen molar-refractivity contribution >= 4 is 74.2 Å². The fourth-order valence-electron chi connectivity index (χ4n) is 9.87. The standard InChI is InChI=1S/C54H60N3OP/c1-4-7-10-13-19-40-28-34-43(35-29-40)55-46-22-16-24-48-52(46)59(58)53-47(55)23-17-25-49(53)57(45-38-32-42(33-39-45)21-15-12-9-6-3)51-27-18-26-50(54(51)59)56(48)44-36-30-41(31-37-44)20-14-11-8-5-2/h16-18,22-39H,4-15,19-21H2,1-3H3. The molecule has 0 atom stereocenters. The minimum absolute atomic E-state index is 0.939. The maximum Gasteiger partial charge on any atom is 0.183 e. The summed E-state index contributed by atoms with van der Waals surface area (Å²) < 4.78 is 16.9. The first-order chi connectivity index (χ1) is 29.1. The fourth-order valence-corrected chi connectivity index (χ4v) is 13.5. The quantitative estimate of drug-likeness (QED) is 0.0638. The first kappa shape index (κ1) is 39.4. The van der Waals surface area contributed by atoms with Gasteiger partial charge in [-0.3, -0.25) is 0 Å². The number of unbranched alkanes of at least 4 members (excludes halogenated alkanes) is 9. The van der Waals surface area contributed by atoms with Gasteiger partial charge in [-0.05, 0) is 128 Å². The van der Waals surface area contributed by atoms with Gasteiger partial charge >= 0.3 is 0 Å².